The number of hydrogen-bond donors (Lipinski definition) is 1. The summed E-state index contributed by atoms with van der Waals surface area (Å²) < 4.78 is 0. The second-order valence-electron chi connectivity index (χ2n) is 10.0. The van der Waals surface area contributed by atoms with Crippen molar-refractivity contribution in [2.45, 2.75) is 84.2 Å². The molecule has 0 amide bonds. The summed E-state index contributed by atoms with van der Waals surface area (Å²) in [6.45, 7) is 9.44. The first kappa shape index (κ1) is 18.5. The van der Waals surface area contributed by atoms with E-state index in [4.69, 9.17) is 4.84 Å². The molecule has 0 spiro atoms. The Morgan fingerprint density at radius 3 is 2.81 bits per heavy atom. The van der Waals surface area contributed by atoms with Crippen LogP contribution in [0.15, 0.2) is 17.8 Å². The van der Waals surface area contributed by atoms with Gasteiger partial charge in [0.15, 0.2) is 0 Å². The average Bonchev–Trinajstić information content (AvgIpc) is 2.96. The van der Waals surface area contributed by atoms with Crippen molar-refractivity contribution in [1.82, 2.24) is 0 Å². The molecule has 7 atom stereocenters. The quantitative estimate of drug-likeness (QED) is 0.418. The summed E-state index contributed by atoms with van der Waals surface area (Å²) in [6, 6.07) is 0. The second-order valence-corrected chi connectivity index (χ2v) is 10.0. The Balaban J connectivity index is 1.51. The maximum atomic E-state index is 10.2. The van der Waals surface area contributed by atoms with Gasteiger partial charge in [0.25, 0.3) is 0 Å². The molecule has 0 aromatic carbocycles. The third-order valence-electron chi connectivity index (χ3n) is 8.97. The van der Waals surface area contributed by atoms with Gasteiger partial charge in [-0.25, -0.2) is 0 Å². The SMILES string of the molecule is C=CCCO/N=C1/CC[C@H]2[C@@H]3CC[C@H]4C[C@@H](O)CC[C@]4(C)[C@H]3CC[C@]12C. The van der Waals surface area contributed by atoms with E-state index in [0.717, 1.165) is 49.4 Å². The first-order chi connectivity index (χ1) is 12.5. The largest absolute Gasteiger partial charge is 0.396 e. The van der Waals surface area contributed by atoms with Gasteiger partial charge in [-0.05, 0) is 86.9 Å². The van der Waals surface area contributed by atoms with E-state index >= 15 is 0 Å². The highest BCUT2D eigenvalue weighted by Gasteiger charge is 2.59. The van der Waals surface area contributed by atoms with Crippen molar-refractivity contribution in [1.29, 1.82) is 0 Å². The van der Waals surface area contributed by atoms with Gasteiger partial charge in [-0.15, -0.1) is 6.58 Å². The van der Waals surface area contributed by atoms with Gasteiger partial charge in [0.1, 0.15) is 6.61 Å². The van der Waals surface area contributed by atoms with Crippen molar-refractivity contribution in [3.63, 3.8) is 0 Å². The molecule has 26 heavy (non-hydrogen) atoms. The Kier molecular flexibility index (Phi) is 4.96. The maximum absolute atomic E-state index is 10.2. The molecule has 0 aromatic heterocycles. The number of nitrogens with zero attached hydrogens (tertiary/aromatic N) is 1. The van der Waals surface area contributed by atoms with Crippen LogP contribution in [-0.4, -0.2) is 23.5 Å². The second kappa shape index (κ2) is 6.96. The molecule has 3 heteroatoms. The molecule has 3 nitrogen and oxygen atoms in total. The van der Waals surface area contributed by atoms with Gasteiger partial charge < -0.3 is 9.94 Å². The first-order valence-corrected chi connectivity index (χ1v) is 11.0. The van der Waals surface area contributed by atoms with Crippen molar-refractivity contribution in [3.05, 3.63) is 12.7 Å². The molecule has 0 saturated heterocycles. The lowest BCUT2D eigenvalue weighted by molar-refractivity contribution is -0.114. The van der Waals surface area contributed by atoms with E-state index in [1.807, 2.05) is 6.08 Å². The third kappa shape index (κ3) is 2.85. The number of aliphatic hydroxyl groups is 1. The van der Waals surface area contributed by atoms with E-state index < -0.39 is 0 Å². The van der Waals surface area contributed by atoms with Crippen LogP contribution in [0, 0.1) is 34.5 Å². The highest BCUT2D eigenvalue weighted by molar-refractivity contribution is 5.92. The van der Waals surface area contributed by atoms with Crippen LogP contribution in [0.1, 0.15) is 78.1 Å². The predicted molar refractivity (Wildman–Crippen MR) is 106 cm³/mol. The lowest BCUT2D eigenvalue weighted by Gasteiger charge is -2.60. The minimum atomic E-state index is -0.0450. The van der Waals surface area contributed by atoms with Crippen molar-refractivity contribution >= 4 is 5.71 Å². The van der Waals surface area contributed by atoms with E-state index in [0.29, 0.717) is 12.0 Å². The Hall–Kier alpha value is -0.830. The van der Waals surface area contributed by atoms with Gasteiger partial charge in [0.05, 0.1) is 11.8 Å². The van der Waals surface area contributed by atoms with Crippen molar-refractivity contribution < 1.29 is 9.94 Å². The van der Waals surface area contributed by atoms with E-state index in [1.54, 1.807) is 0 Å². The fourth-order valence-electron chi connectivity index (χ4n) is 7.43. The number of oxime groups is 1. The fourth-order valence-corrected chi connectivity index (χ4v) is 7.43. The predicted octanol–water partition coefficient (Wildman–Crippen LogP) is 5.34. The normalized spacial score (nSPS) is 49.2. The summed E-state index contributed by atoms with van der Waals surface area (Å²) in [5, 5.41) is 14.8. The topological polar surface area (TPSA) is 41.8 Å². The lowest BCUT2D eigenvalue weighted by Crippen LogP contribution is -2.54. The molecule has 1 N–H and O–H groups in total. The Bertz CT molecular complexity index is 573. The molecule has 4 rings (SSSR count). The molecule has 0 aliphatic heterocycles. The van der Waals surface area contributed by atoms with Crippen LogP contribution < -0.4 is 0 Å². The van der Waals surface area contributed by atoms with E-state index in [1.165, 1.54) is 44.2 Å². The fraction of sp³-hybridized carbons (Fsp3) is 0.870. The molecule has 0 radical (unpaired) electrons. The van der Waals surface area contributed by atoms with Crippen LogP contribution >= 0.6 is 0 Å². The molecular formula is C23H37NO2. The summed E-state index contributed by atoms with van der Waals surface area (Å²) in [5.74, 6) is 3.24. The minimum Gasteiger partial charge on any atom is -0.396 e. The molecule has 0 unspecified atom stereocenters. The van der Waals surface area contributed by atoms with Gasteiger partial charge >= 0.3 is 0 Å². The van der Waals surface area contributed by atoms with E-state index in [-0.39, 0.29) is 11.5 Å². The van der Waals surface area contributed by atoms with Crippen LogP contribution in [0.4, 0.5) is 0 Å². The van der Waals surface area contributed by atoms with Crippen LogP contribution in [0.2, 0.25) is 0 Å². The summed E-state index contributed by atoms with van der Waals surface area (Å²) in [7, 11) is 0. The Morgan fingerprint density at radius 1 is 1.15 bits per heavy atom. The Labute approximate surface area is 159 Å². The van der Waals surface area contributed by atoms with Crippen LogP contribution in [0.3, 0.4) is 0 Å². The van der Waals surface area contributed by atoms with Gasteiger partial charge in [-0.1, -0.05) is 25.1 Å². The maximum Gasteiger partial charge on any atom is 0.120 e. The number of hydrogen-bond acceptors (Lipinski definition) is 3. The molecule has 0 bridgehead atoms. The highest BCUT2D eigenvalue weighted by atomic mass is 16.6. The summed E-state index contributed by atoms with van der Waals surface area (Å²) in [4.78, 5) is 5.61. The summed E-state index contributed by atoms with van der Waals surface area (Å²) in [5.41, 5.74) is 2.05. The molecular weight excluding hydrogens is 322 g/mol. The minimum absolute atomic E-state index is 0.0450. The molecule has 4 fully saturated rings. The molecule has 0 heterocycles. The molecule has 146 valence electrons. The number of aliphatic hydroxyl groups excluding tert-OH is 1. The zero-order valence-corrected chi connectivity index (χ0v) is 16.8. The van der Waals surface area contributed by atoms with E-state index in [2.05, 4.69) is 25.6 Å². The molecule has 0 aromatic rings. The van der Waals surface area contributed by atoms with Gasteiger partial charge in [0, 0.05) is 11.8 Å². The van der Waals surface area contributed by atoms with Crippen molar-refractivity contribution in [2.24, 2.45) is 39.7 Å². The Morgan fingerprint density at radius 2 is 2.00 bits per heavy atom. The summed E-state index contributed by atoms with van der Waals surface area (Å²) in [6.07, 6.45) is 13.7. The van der Waals surface area contributed by atoms with Gasteiger partial charge in [-0.3, -0.25) is 0 Å². The lowest BCUT2D eigenvalue weighted by atomic mass is 9.45. The standard InChI is InChI=1S/C23H37NO2/c1-4-5-14-26-24-21-9-8-19-18-7-6-16-15-17(25)10-12-22(16,2)20(18)11-13-23(19,21)3/h4,16-20,25H,1,5-15H2,2-3H3/b24-21-/t16-,17-,18-,19-,20-,22-,23-/m0/s1. The first-order valence-electron chi connectivity index (χ1n) is 11.0. The smallest absolute Gasteiger partial charge is 0.120 e. The van der Waals surface area contributed by atoms with Crippen molar-refractivity contribution in [2.75, 3.05) is 6.61 Å². The van der Waals surface area contributed by atoms with Crippen LogP contribution in [0.5, 0.6) is 0 Å². The van der Waals surface area contributed by atoms with Gasteiger partial charge in [0.2, 0.25) is 0 Å². The summed E-state index contributed by atoms with van der Waals surface area (Å²) >= 11 is 0. The monoisotopic (exact) mass is 359 g/mol. The van der Waals surface area contributed by atoms with E-state index in [9.17, 15) is 5.11 Å². The zero-order chi connectivity index (χ0) is 18.4. The molecule has 4 saturated carbocycles. The van der Waals surface area contributed by atoms with Crippen molar-refractivity contribution in [3.8, 4) is 0 Å². The number of rotatable bonds is 4. The van der Waals surface area contributed by atoms with Crippen LogP contribution in [0.25, 0.3) is 0 Å². The highest BCUT2D eigenvalue weighted by Crippen LogP contribution is 2.65. The van der Waals surface area contributed by atoms with Gasteiger partial charge in [-0.2, -0.15) is 0 Å². The molecule has 4 aliphatic rings. The molecule has 4 aliphatic carbocycles. The third-order valence-corrected chi connectivity index (χ3v) is 8.97. The number of fused-ring (bicyclic) bond motifs is 5. The zero-order valence-electron chi connectivity index (χ0n) is 16.8. The average molecular weight is 360 g/mol. The van der Waals surface area contributed by atoms with Crippen LogP contribution in [-0.2, 0) is 4.84 Å².